The van der Waals surface area contributed by atoms with Crippen molar-refractivity contribution in [1.29, 1.82) is 0 Å². The molecular formula is C15H27N3O3. The molecule has 0 aliphatic carbocycles. The normalized spacial score (nSPS) is 18.6. The lowest BCUT2D eigenvalue weighted by atomic mass is 9.96. The first-order valence-electron chi connectivity index (χ1n) is 7.76. The number of amides is 3. The van der Waals surface area contributed by atoms with E-state index in [0.717, 1.165) is 25.8 Å². The Hall–Kier alpha value is -1.59. The molecule has 1 unspecified atom stereocenters. The van der Waals surface area contributed by atoms with Crippen molar-refractivity contribution in [2.45, 2.75) is 46.0 Å². The summed E-state index contributed by atoms with van der Waals surface area (Å²) in [6, 6.07) is 0. The van der Waals surface area contributed by atoms with E-state index in [1.54, 1.807) is 4.90 Å². The molecular weight excluding hydrogens is 270 g/mol. The average molecular weight is 297 g/mol. The molecule has 1 atom stereocenters. The highest BCUT2D eigenvalue weighted by atomic mass is 16.2. The number of carbonyl (C=O) groups excluding carboxylic acids is 3. The average Bonchev–Trinajstić information content (AvgIpc) is 2.45. The number of nitrogens with one attached hydrogen (secondary N) is 1. The molecule has 0 saturated carbocycles. The molecule has 1 fully saturated rings. The van der Waals surface area contributed by atoms with Crippen LogP contribution in [0.4, 0.5) is 0 Å². The van der Waals surface area contributed by atoms with Crippen LogP contribution in [0.15, 0.2) is 0 Å². The lowest BCUT2D eigenvalue weighted by Crippen LogP contribution is -2.46. The van der Waals surface area contributed by atoms with Crippen molar-refractivity contribution in [3.05, 3.63) is 0 Å². The molecule has 120 valence electrons. The third kappa shape index (κ3) is 6.14. The Morgan fingerprint density at radius 1 is 1.29 bits per heavy atom. The lowest BCUT2D eigenvalue weighted by molar-refractivity contribution is -0.138. The van der Waals surface area contributed by atoms with Gasteiger partial charge in [-0.3, -0.25) is 14.4 Å². The maximum atomic E-state index is 12.1. The predicted molar refractivity (Wildman–Crippen MR) is 80.2 cm³/mol. The van der Waals surface area contributed by atoms with Gasteiger partial charge in [-0.2, -0.15) is 0 Å². The van der Waals surface area contributed by atoms with Crippen molar-refractivity contribution in [2.75, 3.05) is 19.6 Å². The molecule has 1 aliphatic heterocycles. The van der Waals surface area contributed by atoms with E-state index in [4.69, 9.17) is 5.73 Å². The third-order valence-electron chi connectivity index (χ3n) is 3.75. The van der Waals surface area contributed by atoms with Crippen molar-refractivity contribution >= 4 is 17.7 Å². The number of likely N-dealkylation sites (tertiary alicyclic amines) is 1. The number of rotatable bonds is 7. The number of piperidine rings is 1. The van der Waals surface area contributed by atoms with Crippen LogP contribution < -0.4 is 11.1 Å². The Bertz CT molecular complexity index is 382. The van der Waals surface area contributed by atoms with Gasteiger partial charge in [0.1, 0.15) is 0 Å². The number of primary amides is 1. The highest BCUT2D eigenvalue weighted by molar-refractivity contribution is 5.82. The smallest absolute Gasteiger partial charge is 0.225 e. The van der Waals surface area contributed by atoms with Gasteiger partial charge < -0.3 is 16.0 Å². The largest absolute Gasteiger partial charge is 0.370 e. The van der Waals surface area contributed by atoms with E-state index in [1.165, 1.54) is 0 Å². The zero-order chi connectivity index (χ0) is 15.8. The molecule has 0 aromatic carbocycles. The number of unbranched alkanes of at least 4 members (excludes halogenated alkanes) is 1. The van der Waals surface area contributed by atoms with Gasteiger partial charge in [0.05, 0.1) is 5.92 Å². The van der Waals surface area contributed by atoms with E-state index in [-0.39, 0.29) is 29.6 Å². The van der Waals surface area contributed by atoms with Crippen LogP contribution in [-0.2, 0) is 14.4 Å². The van der Waals surface area contributed by atoms with Crippen LogP contribution >= 0.6 is 0 Å². The number of hydrogen-bond acceptors (Lipinski definition) is 3. The number of nitrogens with two attached hydrogens (primary N) is 1. The summed E-state index contributed by atoms with van der Waals surface area (Å²) in [5.74, 6) is -0.320. The van der Waals surface area contributed by atoms with Gasteiger partial charge in [0.25, 0.3) is 0 Å². The minimum atomic E-state index is -0.309. The summed E-state index contributed by atoms with van der Waals surface area (Å²) in [5, 5.41) is 2.89. The molecule has 1 saturated heterocycles. The molecule has 21 heavy (non-hydrogen) atoms. The van der Waals surface area contributed by atoms with Crippen molar-refractivity contribution in [3.63, 3.8) is 0 Å². The summed E-state index contributed by atoms with van der Waals surface area (Å²) in [5.41, 5.74) is 5.06. The first kappa shape index (κ1) is 17.5. The van der Waals surface area contributed by atoms with Crippen LogP contribution in [0.25, 0.3) is 0 Å². The summed E-state index contributed by atoms with van der Waals surface area (Å²) >= 11 is 0. The second kappa shape index (κ2) is 8.64. The number of hydrogen-bond donors (Lipinski definition) is 2. The van der Waals surface area contributed by atoms with Crippen LogP contribution in [0, 0.1) is 11.8 Å². The minimum Gasteiger partial charge on any atom is -0.370 e. The molecule has 1 heterocycles. The van der Waals surface area contributed by atoms with Gasteiger partial charge >= 0.3 is 0 Å². The Balaban J connectivity index is 2.30. The van der Waals surface area contributed by atoms with Gasteiger partial charge in [-0.05, 0) is 25.7 Å². The Morgan fingerprint density at radius 2 is 2.00 bits per heavy atom. The fourth-order valence-electron chi connectivity index (χ4n) is 2.54. The molecule has 6 heteroatoms. The zero-order valence-corrected chi connectivity index (χ0v) is 13.1. The number of nitrogens with zero attached hydrogens (tertiary/aromatic N) is 1. The van der Waals surface area contributed by atoms with E-state index < -0.39 is 0 Å². The molecule has 0 bridgehead atoms. The predicted octanol–water partition coefficient (Wildman–Crippen LogP) is 0.653. The molecule has 0 aromatic rings. The van der Waals surface area contributed by atoms with Gasteiger partial charge in [-0.15, -0.1) is 0 Å². The fraction of sp³-hybridized carbons (Fsp3) is 0.800. The van der Waals surface area contributed by atoms with Gasteiger partial charge in [0.15, 0.2) is 0 Å². The summed E-state index contributed by atoms with van der Waals surface area (Å²) in [4.78, 5) is 36.5. The van der Waals surface area contributed by atoms with Crippen LogP contribution in [0.5, 0.6) is 0 Å². The maximum absolute atomic E-state index is 12.1. The van der Waals surface area contributed by atoms with Crippen molar-refractivity contribution in [2.24, 2.45) is 17.6 Å². The zero-order valence-electron chi connectivity index (χ0n) is 13.1. The molecule has 0 aromatic heterocycles. The Morgan fingerprint density at radius 3 is 2.62 bits per heavy atom. The fourth-order valence-corrected chi connectivity index (χ4v) is 2.54. The first-order valence-corrected chi connectivity index (χ1v) is 7.76. The first-order chi connectivity index (χ1) is 9.91. The number of carbonyl (C=O) groups is 3. The summed E-state index contributed by atoms with van der Waals surface area (Å²) in [6.07, 6.45) is 3.50. The second-order valence-corrected chi connectivity index (χ2v) is 5.99. The van der Waals surface area contributed by atoms with E-state index in [0.29, 0.717) is 25.9 Å². The van der Waals surface area contributed by atoms with E-state index in [9.17, 15) is 14.4 Å². The Kier molecular flexibility index (Phi) is 7.19. The van der Waals surface area contributed by atoms with Gasteiger partial charge in [-0.25, -0.2) is 0 Å². The van der Waals surface area contributed by atoms with Crippen LogP contribution in [0.3, 0.4) is 0 Å². The minimum absolute atomic E-state index is 0.00957. The molecule has 3 N–H and O–H groups in total. The third-order valence-corrected chi connectivity index (χ3v) is 3.75. The van der Waals surface area contributed by atoms with E-state index in [1.807, 2.05) is 13.8 Å². The SMILES string of the molecule is CC(C)C(=O)N1CCCC(C(=O)NCCCCC(N)=O)C1. The summed E-state index contributed by atoms with van der Waals surface area (Å²) in [6.45, 7) is 5.58. The Labute approximate surface area is 126 Å². The van der Waals surface area contributed by atoms with Crippen LogP contribution in [-0.4, -0.2) is 42.3 Å². The second-order valence-electron chi connectivity index (χ2n) is 5.99. The standard InChI is InChI=1S/C15H27N3O3/c1-11(2)15(21)18-9-5-6-12(10-18)14(20)17-8-4-3-7-13(16)19/h11-12H,3-10H2,1-2H3,(H2,16,19)(H,17,20). The molecule has 1 rings (SSSR count). The quantitative estimate of drug-likeness (QED) is 0.676. The van der Waals surface area contributed by atoms with Crippen molar-refractivity contribution in [3.8, 4) is 0 Å². The lowest BCUT2D eigenvalue weighted by Gasteiger charge is -2.33. The van der Waals surface area contributed by atoms with Crippen molar-refractivity contribution < 1.29 is 14.4 Å². The summed E-state index contributed by atoms with van der Waals surface area (Å²) < 4.78 is 0. The monoisotopic (exact) mass is 297 g/mol. The van der Waals surface area contributed by atoms with E-state index >= 15 is 0 Å². The molecule has 0 spiro atoms. The van der Waals surface area contributed by atoms with E-state index in [2.05, 4.69) is 5.32 Å². The van der Waals surface area contributed by atoms with Crippen molar-refractivity contribution in [1.82, 2.24) is 10.2 Å². The highest BCUT2D eigenvalue weighted by Crippen LogP contribution is 2.18. The topological polar surface area (TPSA) is 92.5 Å². The highest BCUT2D eigenvalue weighted by Gasteiger charge is 2.28. The molecule has 6 nitrogen and oxygen atoms in total. The molecule has 1 aliphatic rings. The van der Waals surface area contributed by atoms with Crippen LogP contribution in [0.1, 0.15) is 46.0 Å². The van der Waals surface area contributed by atoms with Crippen LogP contribution in [0.2, 0.25) is 0 Å². The van der Waals surface area contributed by atoms with Gasteiger partial charge in [0, 0.05) is 32.0 Å². The summed E-state index contributed by atoms with van der Waals surface area (Å²) in [7, 11) is 0. The maximum Gasteiger partial charge on any atom is 0.225 e. The van der Waals surface area contributed by atoms with Gasteiger partial charge in [0.2, 0.25) is 17.7 Å². The molecule has 0 radical (unpaired) electrons. The molecule has 3 amide bonds. The van der Waals surface area contributed by atoms with Gasteiger partial charge in [-0.1, -0.05) is 13.8 Å².